The summed E-state index contributed by atoms with van der Waals surface area (Å²) in [6, 6.07) is 11.4. The Balaban J connectivity index is 1.77. The predicted molar refractivity (Wildman–Crippen MR) is 101 cm³/mol. The molecule has 1 aromatic carbocycles. The van der Waals surface area contributed by atoms with Gasteiger partial charge >= 0.3 is 0 Å². The van der Waals surface area contributed by atoms with Gasteiger partial charge in [0.15, 0.2) is 11.0 Å². The van der Waals surface area contributed by atoms with Gasteiger partial charge in [-0.1, -0.05) is 23.7 Å². The molecule has 0 spiro atoms. The van der Waals surface area contributed by atoms with E-state index in [1.165, 1.54) is 18.0 Å². The first-order chi connectivity index (χ1) is 11.5. The number of carbonyl (C=O) groups excluding carboxylic acids is 1. The molecule has 1 N–H and O–H groups in total. The van der Waals surface area contributed by atoms with Gasteiger partial charge in [-0.15, -0.1) is 0 Å². The average Bonchev–Trinajstić information content (AvgIpc) is 2.89. The molecular formula is C17H15ClN4OS. The van der Waals surface area contributed by atoms with Crippen molar-refractivity contribution < 1.29 is 4.79 Å². The quantitative estimate of drug-likeness (QED) is 0.850. The van der Waals surface area contributed by atoms with Gasteiger partial charge in [0.2, 0.25) is 0 Å². The molecule has 5 nitrogen and oxygen atoms in total. The van der Waals surface area contributed by atoms with Crippen molar-refractivity contribution in [2.24, 2.45) is 4.99 Å². The Kier molecular flexibility index (Phi) is 4.87. The molecule has 1 fully saturated rings. The van der Waals surface area contributed by atoms with Crippen LogP contribution < -0.4 is 10.2 Å². The first kappa shape index (κ1) is 16.5. The molecule has 0 unspecified atom stereocenters. The van der Waals surface area contributed by atoms with Crippen LogP contribution in [0.15, 0.2) is 52.5 Å². The standard InChI is InChI=1S/C17H15ClN4OS/c1-22(2)13-6-3-11(4-7-13)9-14-16(23)21-17(24-14)20-15-8-5-12(18)10-19-15/h3-10H,1-2H3,(H,19,20,21,23)/b14-9-. The van der Waals surface area contributed by atoms with Gasteiger partial charge in [0.25, 0.3) is 5.91 Å². The number of aromatic nitrogens is 1. The predicted octanol–water partition coefficient (Wildman–Crippen LogP) is 3.69. The van der Waals surface area contributed by atoms with Crippen LogP contribution in [-0.4, -0.2) is 30.2 Å². The van der Waals surface area contributed by atoms with Crippen LogP contribution in [0.3, 0.4) is 0 Å². The van der Waals surface area contributed by atoms with E-state index in [4.69, 9.17) is 11.6 Å². The second-order valence-corrected chi connectivity index (χ2v) is 6.77. The van der Waals surface area contributed by atoms with Crippen LogP contribution in [0.4, 0.5) is 11.5 Å². The topological polar surface area (TPSA) is 57.6 Å². The second kappa shape index (κ2) is 7.07. The van der Waals surface area contributed by atoms with Gasteiger partial charge in [0, 0.05) is 26.0 Å². The van der Waals surface area contributed by atoms with Crippen molar-refractivity contribution in [3.63, 3.8) is 0 Å². The molecule has 7 heteroatoms. The number of anilines is 1. The third kappa shape index (κ3) is 3.96. The molecule has 1 aliphatic rings. The van der Waals surface area contributed by atoms with Crippen LogP contribution in [0.2, 0.25) is 5.02 Å². The minimum absolute atomic E-state index is 0.163. The third-order valence-corrected chi connectivity index (χ3v) is 4.42. The highest BCUT2D eigenvalue weighted by Crippen LogP contribution is 2.28. The smallest absolute Gasteiger partial charge is 0.264 e. The summed E-state index contributed by atoms with van der Waals surface area (Å²) in [6.07, 6.45) is 3.36. The van der Waals surface area contributed by atoms with E-state index < -0.39 is 0 Å². The number of halogens is 1. The van der Waals surface area contributed by atoms with Crippen molar-refractivity contribution in [3.8, 4) is 0 Å². The number of rotatable bonds is 3. The normalized spacial score (nSPS) is 17.4. The molecule has 0 aliphatic carbocycles. The summed E-state index contributed by atoms with van der Waals surface area (Å²) >= 11 is 7.09. The summed E-state index contributed by atoms with van der Waals surface area (Å²) in [6.45, 7) is 0. The van der Waals surface area contributed by atoms with Crippen LogP contribution in [0.5, 0.6) is 0 Å². The molecule has 0 atom stereocenters. The Hall–Kier alpha value is -2.31. The number of nitrogens with zero attached hydrogens (tertiary/aromatic N) is 3. The first-order valence-corrected chi connectivity index (χ1v) is 8.39. The monoisotopic (exact) mass is 358 g/mol. The van der Waals surface area contributed by atoms with Gasteiger partial charge in [0.1, 0.15) is 0 Å². The lowest BCUT2D eigenvalue weighted by atomic mass is 10.2. The van der Waals surface area contributed by atoms with Crippen molar-refractivity contribution in [1.82, 2.24) is 10.3 Å². The van der Waals surface area contributed by atoms with Gasteiger partial charge < -0.3 is 10.2 Å². The number of pyridine rings is 1. The summed E-state index contributed by atoms with van der Waals surface area (Å²) in [4.78, 5) is 23.1. The number of nitrogens with one attached hydrogen (secondary N) is 1. The zero-order valence-electron chi connectivity index (χ0n) is 13.2. The number of carbonyl (C=O) groups is 1. The van der Waals surface area contributed by atoms with Crippen molar-refractivity contribution in [1.29, 1.82) is 0 Å². The Bertz CT molecular complexity index is 813. The zero-order chi connectivity index (χ0) is 17.1. The molecule has 3 rings (SSSR count). The van der Waals surface area contributed by atoms with Gasteiger partial charge in [-0.05, 0) is 47.7 Å². The SMILES string of the molecule is CN(C)c1ccc(/C=C2\SC(=Nc3ccc(Cl)cn3)NC2=O)cc1. The first-order valence-electron chi connectivity index (χ1n) is 7.20. The minimum Gasteiger partial charge on any atom is -0.378 e. The van der Waals surface area contributed by atoms with Crippen molar-refractivity contribution in [2.45, 2.75) is 0 Å². The second-order valence-electron chi connectivity index (χ2n) is 5.30. The molecule has 24 heavy (non-hydrogen) atoms. The number of benzene rings is 1. The van der Waals surface area contributed by atoms with E-state index >= 15 is 0 Å². The molecule has 1 amide bonds. The molecule has 0 bridgehead atoms. The number of hydrogen-bond acceptors (Lipinski definition) is 5. The number of aliphatic imine (C=N–C) groups is 1. The number of thioether (sulfide) groups is 1. The maximum Gasteiger partial charge on any atom is 0.264 e. The van der Waals surface area contributed by atoms with Crippen molar-refractivity contribution in [2.75, 3.05) is 19.0 Å². The Labute approximate surface area is 149 Å². The largest absolute Gasteiger partial charge is 0.378 e. The third-order valence-electron chi connectivity index (χ3n) is 3.29. The zero-order valence-corrected chi connectivity index (χ0v) is 14.7. The molecule has 0 saturated carbocycles. The van der Waals surface area contributed by atoms with E-state index in [0.29, 0.717) is 20.9 Å². The Morgan fingerprint density at radius 1 is 1.21 bits per heavy atom. The van der Waals surface area contributed by atoms with Gasteiger partial charge in [-0.3, -0.25) is 4.79 Å². The summed E-state index contributed by atoms with van der Waals surface area (Å²) < 4.78 is 0. The molecule has 2 heterocycles. The van der Waals surface area contributed by atoms with Gasteiger partial charge in [-0.25, -0.2) is 9.98 Å². The molecule has 122 valence electrons. The summed E-state index contributed by atoms with van der Waals surface area (Å²) in [5.74, 6) is 0.336. The number of hydrogen-bond donors (Lipinski definition) is 1. The molecule has 1 aliphatic heterocycles. The van der Waals surface area contributed by atoms with Crippen molar-refractivity contribution in [3.05, 3.63) is 58.1 Å². The van der Waals surface area contributed by atoms with Crippen molar-refractivity contribution >= 4 is 52.0 Å². The highest BCUT2D eigenvalue weighted by Gasteiger charge is 2.23. The van der Waals surface area contributed by atoms with Gasteiger partial charge in [0.05, 0.1) is 9.93 Å². The molecule has 1 saturated heterocycles. The molecule has 0 radical (unpaired) electrons. The van der Waals surface area contributed by atoms with Crippen LogP contribution in [0.25, 0.3) is 6.08 Å². The minimum atomic E-state index is -0.163. The summed E-state index contributed by atoms with van der Waals surface area (Å²) in [7, 11) is 3.97. The fourth-order valence-corrected chi connectivity index (χ4v) is 2.98. The Morgan fingerprint density at radius 2 is 1.96 bits per heavy atom. The summed E-state index contributed by atoms with van der Waals surface area (Å²) in [5.41, 5.74) is 2.07. The van der Waals surface area contributed by atoms with E-state index in [-0.39, 0.29) is 5.91 Å². The van der Waals surface area contributed by atoms with Crippen LogP contribution in [-0.2, 0) is 4.79 Å². The lowest BCUT2D eigenvalue weighted by molar-refractivity contribution is -0.115. The number of amidine groups is 1. The molecule has 2 aromatic rings. The van der Waals surface area contributed by atoms with Crippen LogP contribution >= 0.6 is 23.4 Å². The lowest BCUT2D eigenvalue weighted by Gasteiger charge is -2.11. The number of amides is 1. The fraction of sp³-hybridized carbons (Fsp3) is 0.118. The van der Waals surface area contributed by atoms with Gasteiger partial charge in [-0.2, -0.15) is 0 Å². The van der Waals surface area contributed by atoms with E-state index in [1.54, 1.807) is 12.1 Å². The molecular weight excluding hydrogens is 344 g/mol. The molecule has 1 aromatic heterocycles. The van der Waals surface area contributed by atoms with E-state index in [2.05, 4.69) is 15.3 Å². The lowest BCUT2D eigenvalue weighted by Crippen LogP contribution is -2.19. The maximum absolute atomic E-state index is 12.1. The fourth-order valence-electron chi connectivity index (χ4n) is 2.04. The van der Waals surface area contributed by atoms with Crippen LogP contribution in [0.1, 0.15) is 5.56 Å². The van der Waals surface area contributed by atoms with Crippen LogP contribution in [0, 0.1) is 0 Å². The highest BCUT2D eigenvalue weighted by atomic mass is 35.5. The van der Waals surface area contributed by atoms with E-state index in [0.717, 1.165) is 11.3 Å². The Morgan fingerprint density at radius 3 is 2.58 bits per heavy atom. The summed E-state index contributed by atoms with van der Waals surface area (Å²) in [5, 5.41) is 3.79. The van der Waals surface area contributed by atoms with E-state index in [1.807, 2.05) is 49.3 Å². The highest BCUT2D eigenvalue weighted by molar-refractivity contribution is 8.18. The average molecular weight is 359 g/mol. The van der Waals surface area contributed by atoms with E-state index in [9.17, 15) is 4.79 Å². The maximum atomic E-state index is 12.1.